The quantitative estimate of drug-likeness (QED) is 0.168. The van der Waals surface area contributed by atoms with Crippen molar-refractivity contribution in [3.8, 4) is 5.75 Å². The molecule has 0 radical (unpaired) electrons. The average Bonchev–Trinajstić information content (AvgIpc) is 3.22. The highest BCUT2D eigenvalue weighted by Crippen LogP contribution is 2.40. The number of fused-ring (bicyclic) bond motifs is 1. The van der Waals surface area contributed by atoms with Gasteiger partial charge in [-0.3, -0.25) is 15.0 Å². The van der Waals surface area contributed by atoms with E-state index in [-0.39, 0.29) is 24.0 Å². The molecule has 0 saturated carbocycles. The Hall–Kier alpha value is -3.56. The first-order valence-electron chi connectivity index (χ1n) is 11.5. The minimum Gasteiger partial charge on any atom is -0.487 e. The van der Waals surface area contributed by atoms with E-state index in [1.165, 1.54) is 23.0 Å². The number of carbonyl (C=O) groups is 1. The number of ether oxygens (including phenoxy) is 2. The number of thiophene rings is 1. The molecule has 1 aromatic heterocycles. The zero-order chi connectivity index (χ0) is 24.8. The van der Waals surface area contributed by atoms with Crippen molar-refractivity contribution in [1.82, 2.24) is 4.90 Å². The molecule has 2 aromatic carbocycles. The standard InChI is InChI=1S/C26H27N3O5S/c1-3-33-22-11-10-19(14-21(22)29(31)32)15-27-25-24(26(30)34-4-2)20-12-13-28(17-23(20)35-25)16-18-8-6-5-7-9-18/h5-11,14-15H,3-4,12-13,16-17H2,1-2H3. The predicted molar refractivity (Wildman–Crippen MR) is 136 cm³/mol. The molecule has 4 rings (SSSR count). The van der Waals surface area contributed by atoms with E-state index >= 15 is 0 Å². The maximum atomic E-state index is 12.8. The van der Waals surface area contributed by atoms with Crippen molar-refractivity contribution in [1.29, 1.82) is 0 Å². The summed E-state index contributed by atoms with van der Waals surface area (Å²) in [6, 6.07) is 15.0. The molecule has 9 heteroatoms. The van der Waals surface area contributed by atoms with Crippen molar-refractivity contribution in [3.05, 3.63) is 85.8 Å². The molecule has 35 heavy (non-hydrogen) atoms. The number of rotatable bonds is 9. The van der Waals surface area contributed by atoms with Crippen LogP contribution in [0.25, 0.3) is 0 Å². The normalized spacial score (nSPS) is 13.5. The van der Waals surface area contributed by atoms with E-state index in [0.29, 0.717) is 22.7 Å². The molecule has 0 atom stereocenters. The van der Waals surface area contributed by atoms with Gasteiger partial charge in [0, 0.05) is 36.8 Å². The molecule has 1 aliphatic heterocycles. The summed E-state index contributed by atoms with van der Waals surface area (Å²) in [6.45, 7) is 6.55. The number of hydrogen-bond acceptors (Lipinski definition) is 8. The van der Waals surface area contributed by atoms with Crippen LogP contribution in [0.15, 0.2) is 53.5 Å². The first-order chi connectivity index (χ1) is 17.0. The van der Waals surface area contributed by atoms with Gasteiger partial charge in [-0.2, -0.15) is 0 Å². The molecule has 8 nitrogen and oxygen atoms in total. The van der Waals surface area contributed by atoms with Gasteiger partial charge in [0.05, 0.1) is 23.7 Å². The number of esters is 1. The number of carbonyl (C=O) groups excluding carboxylic acids is 1. The summed E-state index contributed by atoms with van der Waals surface area (Å²) < 4.78 is 10.7. The first-order valence-corrected chi connectivity index (χ1v) is 12.3. The predicted octanol–water partition coefficient (Wildman–Crippen LogP) is 5.54. The van der Waals surface area contributed by atoms with Gasteiger partial charge in [0.25, 0.3) is 0 Å². The Kier molecular flexibility index (Phi) is 7.89. The van der Waals surface area contributed by atoms with E-state index in [1.54, 1.807) is 32.2 Å². The van der Waals surface area contributed by atoms with E-state index in [0.717, 1.165) is 36.5 Å². The zero-order valence-electron chi connectivity index (χ0n) is 19.7. The van der Waals surface area contributed by atoms with Gasteiger partial charge < -0.3 is 9.47 Å². The lowest BCUT2D eigenvalue weighted by atomic mass is 10.0. The molecular formula is C26H27N3O5S. The smallest absolute Gasteiger partial charge is 0.341 e. The number of nitrogens with zero attached hydrogens (tertiary/aromatic N) is 3. The van der Waals surface area contributed by atoms with E-state index < -0.39 is 4.92 Å². The van der Waals surface area contributed by atoms with Gasteiger partial charge in [0.1, 0.15) is 5.00 Å². The van der Waals surface area contributed by atoms with Crippen molar-refractivity contribution in [2.45, 2.75) is 33.4 Å². The molecule has 0 amide bonds. The number of nitro benzene ring substituents is 1. The van der Waals surface area contributed by atoms with Crippen LogP contribution < -0.4 is 4.74 Å². The Morgan fingerprint density at radius 3 is 2.71 bits per heavy atom. The fourth-order valence-electron chi connectivity index (χ4n) is 4.09. The molecule has 182 valence electrons. The minimum absolute atomic E-state index is 0.122. The Morgan fingerprint density at radius 1 is 1.20 bits per heavy atom. The Balaban J connectivity index is 1.62. The lowest BCUT2D eigenvalue weighted by Gasteiger charge is -2.27. The second kappa shape index (κ2) is 11.2. The van der Waals surface area contributed by atoms with Gasteiger partial charge in [0.2, 0.25) is 0 Å². The minimum atomic E-state index is -0.475. The van der Waals surface area contributed by atoms with Crippen LogP contribution in [0.1, 0.15) is 45.8 Å². The average molecular weight is 494 g/mol. The van der Waals surface area contributed by atoms with E-state index in [2.05, 4.69) is 22.0 Å². The number of aliphatic imine (C=N–C) groups is 1. The molecule has 3 aromatic rings. The third-order valence-corrected chi connectivity index (χ3v) is 6.78. The third-order valence-electron chi connectivity index (χ3n) is 5.66. The molecule has 0 unspecified atom stereocenters. The van der Waals surface area contributed by atoms with Gasteiger partial charge in [-0.25, -0.2) is 9.79 Å². The van der Waals surface area contributed by atoms with Crippen LogP contribution >= 0.6 is 11.3 Å². The molecule has 0 fully saturated rings. The van der Waals surface area contributed by atoms with Gasteiger partial charge in [-0.1, -0.05) is 30.3 Å². The van der Waals surface area contributed by atoms with E-state index in [1.807, 2.05) is 18.2 Å². The highest BCUT2D eigenvalue weighted by molar-refractivity contribution is 7.16. The lowest BCUT2D eigenvalue weighted by molar-refractivity contribution is -0.385. The summed E-state index contributed by atoms with van der Waals surface area (Å²) in [5.41, 5.74) is 3.16. The number of hydrogen-bond donors (Lipinski definition) is 0. The van der Waals surface area contributed by atoms with Crippen LogP contribution in [-0.2, 0) is 24.2 Å². The highest BCUT2D eigenvalue weighted by atomic mass is 32.1. The summed E-state index contributed by atoms with van der Waals surface area (Å²) in [5, 5.41) is 12.0. The molecule has 1 aliphatic rings. The molecule has 0 spiro atoms. The van der Waals surface area contributed by atoms with Gasteiger partial charge in [-0.05, 0) is 49.1 Å². The van der Waals surface area contributed by atoms with Crippen LogP contribution in [0.4, 0.5) is 10.7 Å². The lowest BCUT2D eigenvalue weighted by Crippen LogP contribution is -2.29. The highest BCUT2D eigenvalue weighted by Gasteiger charge is 2.28. The number of benzene rings is 2. The van der Waals surface area contributed by atoms with Crippen LogP contribution in [0, 0.1) is 10.1 Å². The van der Waals surface area contributed by atoms with Gasteiger partial charge >= 0.3 is 11.7 Å². The molecule has 0 saturated heterocycles. The summed E-state index contributed by atoms with van der Waals surface area (Å²) >= 11 is 1.47. The molecule has 2 heterocycles. The van der Waals surface area contributed by atoms with Crippen LogP contribution in [0.5, 0.6) is 5.75 Å². The largest absolute Gasteiger partial charge is 0.487 e. The topological polar surface area (TPSA) is 94.3 Å². The Labute approximate surface area is 208 Å². The zero-order valence-corrected chi connectivity index (χ0v) is 20.5. The van der Waals surface area contributed by atoms with Crippen LogP contribution in [-0.4, -0.2) is 41.8 Å². The summed E-state index contributed by atoms with van der Waals surface area (Å²) in [6.07, 6.45) is 2.28. The van der Waals surface area contributed by atoms with Gasteiger partial charge in [-0.15, -0.1) is 11.3 Å². The summed E-state index contributed by atoms with van der Waals surface area (Å²) in [7, 11) is 0. The van der Waals surface area contributed by atoms with Crippen molar-refractivity contribution in [2.75, 3.05) is 19.8 Å². The molecule has 0 N–H and O–H groups in total. The maximum absolute atomic E-state index is 12.8. The van der Waals surface area contributed by atoms with E-state index in [9.17, 15) is 14.9 Å². The second-order valence-corrected chi connectivity index (χ2v) is 9.11. The Bertz CT molecular complexity index is 1240. The first kappa shape index (κ1) is 24.6. The third kappa shape index (κ3) is 5.75. The van der Waals surface area contributed by atoms with Crippen molar-refractivity contribution >= 4 is 34.2 Å². The maximum Gasteiger partial charge on any atom is 0.341 e. The van der Waals surface area contributed by atoms with Gasteiger partial charge in [0.15, 0.2) is 5.75 Å². The summed E-state index contributed by atoms with van der Waals surface area (Å²) in [5.74, 6) is -0.168. The van der Waals surface area contributed by atoms with Crippen molar-refractivity contribution < 1.29 is 19.2 Å². The Morgan fingerprint density at radius 2 is 2.00 bits per heavy atom. The molecule has 0 aliphatic carbocycles. The summed E-state index contributed by atoms with van der Waals surface area (Å²) in [4.78, 5) is 31.8. The molecular weight excluding hydrogens is 466 g/mol. The fourth-order valence-corrected chi connectivity index (χ4v) is 5.31. The molecule has 0 bridgehead atoms. The van der Waals surface area contributed by atoms with Crippen LogP contribution in [0.2, 0.25) is 0 Å². The van der Waals surface area contributed by atoms with E-state index in [4.69, 9.17) is 9.47 Å². The number of nitro groups is 1. The SMILES string of the molecule is CCOC(=O)c1c(N=Cc2ccc(OCC)c([N+](=O)[O-])c2)sc2c1CCN(Cc1ccccc1)C2. The fraction of sp³-hybridized carbons (Fsp3) is 0.308. The monoisotopic (exact) mass is 493 g/mol. The second-order valence-electron chi connectivity index (χ2n) is 8.03. The van der Waals surface area contributed by atoms with Crippen molar-refractivity contribution in [2.24, 2.45) is 4.99 Å². The van der Waals surface area contributed by atoms with Crippen LogP contribution in [0.3, 0.4) is 0 Å². The van der Waals surface area contributed by atoms with Crippen molar-refractivity contribution in [3.63, 3.8) is 0 Å².